The second kappa shape index (κ2) is 11.3. The lowest BCUT2D eigenvalue weighted by Gasteiger charge is -2.27. The molecule has 2 heterocycles. The lowest BCUT2D eigenvalue weighted by Crippen LogP contribution is -2.19. The summed E-state index contributed by atoms with van der Waals surface area (Å²) in [4.78, 5) is 15.3. The fraction of sp³-hybridized carbons (Fsp3) is 0.130. The zero-order valence-corrected chi connectivity index (χ0v) is 28.8. The molecule has 7 aromatic rings. The molecular formula is C46H38N4. The van der Waals surface area contributed by atoms with Crippen molar-refractivity contribution in [1.29, 1.82) is 0 Å². The fourth-order valence-corrected chi connectivity index (χ4v) is 7.99. The highest BCUT2D eigenvalue weighted by molar-refractivity contribution is 5.89. The normalized spacial score (nSPS) is 14.3. The number of nitrogens with zero attached hydrogens (tertiary/aromatic N) is 4. The van der Waals surface area contributed by atoms with Crippen molar-refractivity contribution in [3.05, 3.63) is 180 Å². The first kappa shape index (κ1) is 30.1. The maximum atomic E-state index is 5.53. The molecule has 242 valence electrons. The highest BCUT2D eigenvalue weighted by atomic mass is 15.2. The zero-order chi connectivity index (χ0) is 34.0. The van der Waals surface area contributed by atoms with Crippen LogP contribution in [0.15, 0.2) is 158 Å². The first-order valence-corrected chi connectivity index (χ1v) is 17.3. The van der Waals surface area contributed by atoms with Crippen LogP contribution in [-0.2, 0) is 10.8 Å². The second-order valence-corrected chi connectivity index (χ2v) is 14.4. The molecule has 0 atom stereocenters. The van der Waals surface area contributed by atoms with Crippen molar-refractivity contribution < 1.29 is 0 Å². The molecular weight excluding hydrogens is 609 g/mol. The monoisotopic (exact) mass is 646 g/mol. The van der Waals surface area contributed by atoms with Gasteiger partial charge in [-0.15, -0.1) is 0 Å². The standard InChI is InChI=1S/C46H38N4/c1-45(2)40-28-36(50(33-21-13-7-14-22-33)34-23-15-8-16-24-34)30-47-42(40)43-41(45)29-38-37-26-25-35(27-39(37)46(3,4)44(38)48-43)49(31-17-9-5-10-18-31)32-19-11-6-12-20-32/h5-30H,1-4H3. The Balaban J connectivity index is 1.15. The predicted octanol–water partition coefficient (Wildman–Crippen LogP) is 12.0. The molecule has 0 saturated heterocycles. The minimum atomic E-state index is -0.293. The molecule has 2 aliphatic carbocycles. The van der Waals surface area contributed by atoms with Crippen LogP contribution in [0.3, 0.4) is 0 Å². The summed E-state index contributed by atoms with van der Waals surface area (Å²) in [5, 5.41) is 0. The molecule has 5 aromatic carbocycles. The Morgan fingerprint density at radius 1 is 0.400 bits per heavy atom. The van der Waals surface area contributed by atoms with Gasteiger partial charge in [0.2, 0.25) is 0 Å². The first-order valence-electron chi connectivity index (χ1n) is 17.3. The molecule has 0 radical (unpaired) electrons. The topological polar surface area (TPSA) is 32.3 Å². The van der Waals surface area contributed by atoms with Crippen LogP contribution in [-0.4, -0.2) is 9.97 Å². The average Bonchev–Trinajstić information content (AvgIpc) is 3.51. The van der Waals surface area contributed by atoms with Crippen LogP contribution in [0.5, 0.6) is 0 Å². The summed E-state index contributed by atoms with van der Waals surface area (Å²) < 4.78 is 0. The van der Waals surface area contributed by atoms with Crippen LogP contribution in [0.4, 0.5) is 34.1 Å². The molecule has 0 amide bonds. The quantitative estimate of drug-likeness (QED) is 0.180. The second-order valence-electron chi connectivity index (χ2n) is 14.4. The molecule has 0 aliphatic heterocycles. The molecule has 0 fully saturated rings. The summed E-state index contributed by atoms with van der Waals surface area (Å²) in [6.45, 7) is 9.25. The number of fused-ring (bicyclic) bond motifs is 6. The van der Waals surface area contributed by atoms with Gasteiger partial charge in [0.25, 0.3) is 0 Å². The Morgan fingerprint density at radius 3 is 1.38 bits per heavy atom. The number of para-hydroxylation sites is 4. The van der Waals surface area contributed by atoms with Gasteiger partial charge in [-0.2, -0.15) is 0 Å². The number of pyridine rings is 2. The summed E-state index contributed by atoms with van der Waals surface area (Å²) in [6.07, 6.45) is 2.01. The van der Waals surface area contributed by atoms with Gasteiger partial charge in [-0.1, -0.05) is 107 Å². The van der Waals surface area contributed by atoms with Gasteiger partial charge >= 0.3 is 0 Å². The third kappa shape index (κ3) is 4.59. The van der Waals surface area contributed by atoms with E-state index in [2.05, 4.69) is 189 Å². The van der Waals surface area contributed by atoms with Gasteiger partial charge in [-0.25, -0.2) is 4.98 Å². The van der Waals surface area contributed by atoms with E-state index in [1.54, 1.807) is 0 Å². The van der Waals surface area contributed by atoms with Gasteiger partial charge in [0.1, 0.15) is 0 Å². The van der Waals surface area contributed by atoms with Crippen molar-refractivity contribution in [3.63, 3.8) is 0 Å². The smallest absolute Gasteiger partial charge is 0.0934 e. The number of hydrogen-bond donors (Lipinski definition) is 0. The third-order valence-electron chi connectivity index (χ3n) is 10.6. The molecule has 2 aromatic heterocycles. The SMILES string of the molecule is CC1(C)c2cc(N(c3ccccc3)c3ccccc3)cnc2-c2nc3c(cc21)-c1ccc(N(c2ccccc2)c2ccccc2)cc1C3(C)C. The Kier molecular flexibility index (Phi) is 6.79. The van der Waals surface area contributed by atoms with Crippen molar-refractivity contribution in [1.82, 2.24) is 9.97 Å². The Morgan fingerprint density at radius 2 is 0.860 bits per heavy atom. The number of aromatic nitrogens is 2. The van der Waals surface area contributed by atoms with Gasteiger partial charge < -0.3 is 9.80 Å². The van der Waals surface area contributed by atoms with Crippen LogP contribution in [0.1, 0.15) is 50.1 Å². The molecule has 0 saturated carbocycles. The zero-order valence-electron chi connectivity index (χ0n) is 28.8. The Hall–Kier alpha value is -6.00. The van der Waals surface area contributed by atoms with Gasteiger partial charge in [-0.3, -0.25) is 4.98 Å². The van der Waals surface area contributed by atoms with E-state index in [0.29, 0.717) is 0 Å². The maximum Gasteiger partial charge on any atom is 0.0934 e. The molecule has 9 rings (SSSR count). The summed E-state index contributed by atoms with van der Waals surface area (Å²) in [5.74, 6) is 0. The largest absolute Gasteiger partial charge is 0.310 e. The van der Waals surface area contributed by atoms with Crippen LogP contribution >= 0.6 is 0 Å². The average molecular weight is 647 g/mol. The highest BCUT2D eigenvalue weighted by Crippen LogP contribution is 2.55. The molecule has 0 N–H and O–H groups in total. The number of rotatable bonds is 6. The number of anilines is 6. The van der Waals surface area contributed by atoms with E-state index in [0.717, 1.165) is 51.2 Å². The molecule has 4 nitrogen and oxygen atoms in total. The molecule has 2 aliphatic rings. The van der Waals surface area contributed by atoms with Gasteiger partial charge in [0.15, 0.2) is 0 Å². The lowest BCUT2D eigenvalue weighted by atomic mass is 9.82. The lowest BCUT2D eigenvalue weighted by molar-refractivity contribution is 0.631. The van der Waals surface area contributed by atoms with Crippen molar-refractivity contribution in [2.75, 3.05) is 9.80 Å². The van der Waals surface area contributed by atoms with E-state index in [1.807, 2.05) is 6.20 Å². The van der Waals surface area contributed by atoms with Gasteiger partial charge in [-0.05, 0) is 95.1 Å². The van der Waals surface area contributed by atoms with Gasteiger partial charge in [0.05, 0.1) is 29.0 Å². The van der Waals surface area contributed by atoms with E-state index >= 15 is 0 Å². The summed E-state index contributed by atoms with van der Waals surface area (Å²) in [6, 6.07) is 53.9. The molecule has 0 unspecified atom stereocenters. The molecule has 4 heteroatoms. The highest BCUT2D eigenvalue weighted by Gasteiger charge is 2.44. The number of benzene rings is 5. The van der Waals surface area contributed by atoms with E-state index in [4.69, 9.17) is 9.97 Å². The van der Waals surface area contributed by atoms with Crippen molar-refractivity contribution in [2.45, 2.75) is 38.5 Å². The number of hydrogen-bond acceptors (Lipinski definition) is 4. The van der Waals surface area contributed by atoms with Crippen molar-refractivity contribution in [3.8, 4) is 22.5 Å². The molecule has 50 heavy (non-hydrogen) atoms. The van der Waals surface area contributed by atoms with E-state index < -0.39 is 0 Å². The Labute approximate surface area is 294 Å². The Bertz CT molecular complexity index is 2120. The van der Waals surface area contributed by atoms with Crippen LogP contribution in [0, 0.1) is 0 Å². The van der Waals surface area contributed by atoms with Gasteiger partial charge in [0, 0.05) is 44.8 Å². The van der Waals surface area contributed by atoms with Crippen LogP contribution < -0.4 is 9.80 Å². The first-order chi connectivity index (χ1) is 24.3. The summed E-state index contributed by atoms with van der Waals surface area (Å²) >= 11 is 0. The predicted molar refractivity (Wildman–Crippen MR) is 207 cm³/mol. The fourth-order valence-electron chi connectivity index (χ4n) is 7.99. The van der Waals surface area contributed by atoms with E-state index in [9.17, 15) is 0 Å². The van der Waals surface area contributed by atoms with E-state index in [1.165, 1.54) is 27.8 Å². The minimum absolute atomic E-state index is 0.279. The molecule has 0 spiro atoms. The van der Waals surface area contributed by atoms with Crippen LogP contribution in [0.25, 0.3) is 22.5 Å². The van der Waals surface area contributed by atoms with Crippen molar-refractivity contribution in [2.24, 2.45) is 0 Å². The molecule has 0 bridgehead atoms. The summed E-state index contributed by atoms with van der Waals surface area (Å²) in [7, 11) is 0. The van der Waals surface area contributed by atoms with Crippen molar-refractivity contribution >= 4 is 34.1 Å². The van der Waals surface area contributed by atoms with Crippen LogP contribution in [0.2, 0.25) is 0 Å². The summed E-state index contributed by atoms with van der Waals surface area (Å²) in [5.41, 5.74) is 15.3. The van der Waals surface area contributed by atoms with E-state index in [-0.39, 0.29) is 10.8 Å². The maximum absolute atomic E-state index is 5.53. The third-order valence-corrected chi connectivity index (χ3v) is 10.6. The minimum Gasteiger partial charge on any atom is -0.310 e.